The van der Waals surface area contributed by atoms with Gasteiger partial charge in [0, 0.05) is 0 Å². The molecular formula is C16H19N3O2. The average Bonchev–Trinajstić information content (AvgIpc) is 2.47. The Labute approximate surface area is 124 Å². The summed E-state index contributed by atoms with van der Waals surface area (Å²) in [5.74, 6) is 5.83. The van der Waals surface area contributed by atoms with Gasteiger partial charge in [-0.2, -0.15) is 0 Å². The monoisotopic (exact) mass is 285 g/mol. The van der Waals surface area contributed by atoms with Crippen LogP contribution in [0.5, 0.6) is 5.75 Å². The summed E-state index contributed by atoms with van der Waals surface area (Å²) in [4.78, 5) is 12.5. The zero-order valence-electron chi connectivity index (χ0n) is 12.4. The number of carbonyl (C=O) groups excluding carboxylic acids is 1. The molecule has 0 spiro atoms. The van der Waals surface area contributed by atoms with Crippen LogP contribution in [0.4, 0.5) is 11.4 Å². The van der Waals surface area contributed by atoms with Crippen LogP contribution in [0.2, 0.25) is 0 Å². The van der Waals surface area contributed by atoms with Crippen LogP contribution in [0.25, 0.3) is 0 Å². The number of hydrazine groups is 1. The fourth-order valence-corrected chi connectivity index (χ4v) is 2.08. The standard InChI is InChI=1S/C16H19N3O2/c1-10-4-6-13(19-17)12(8-10)16(20)18-14-9-11(2)5-7-15(14)21-3/h4-9,19H,17H2,1-3H3,(H,18,20). The maximum atomic E-state index is 12.5. The Kier molecular flexibility index (Phi) is 4.45. The van der Waals surface area contributed by atoms with E-state index in [4.69, 9.17) is 10.6 Å². The highest BCUT2D eigenvalue weighted by Gasteiger charge is 2.13. The summed E-state index contributed by atoms with van der Waals surface area (Å²) in [7, 11) is 1.57. The maximum Gasteiger partial charge on any atom is 0.257 e. The molecule has 1 amide bonds. The second-order valence-electron chi connectivity index (χ2n) is 4.85. The van der Waals surface area contributed by atoms with E-state index in [1.165, 1.54) is 0 Å². The first-order valence-corrected chi connectivity index (χ1v) is 6.58. The third-order valence-electron chi connectivity index (χ3n) is 3.18. The van der Waals surface area contributed by atoms with E-state index in [1.54, 1.807) is 19.2 Å². The second-order valence-corrected chi connectivity index (χ2v) is 4.85. The van der Waals surface area contributed by atoms with E-state index in [-0.39, 0.29) is 5.91 Å². The van der Waals surface area contributed by atoms with Crippen LogP contribution >= 0.6 is 0 Å². The van der Waals surface area contributed by atoms with Gasteiger partial charge in [0.15, 0.2) is 0 Å². The lowest BCUT2D eigenvalue weighted by Gasteiger charge is -2.13. The first kappa shape index (κ1) is 14.9. The van der Waals surface area contributed by atoms with Crippen LogP contribution in [0.1, 0.15) is 21.5 Å². The number of benzene rings is 2. The highest BCUT2D eigenvalue weighted by Crippen LogP contribution is 2.26. The lowest BCUT2D eigenvalue weighted by molar-refractivity contribution is 0.102. The molecule has 2 aromatic carbocycles. The highest BCUT2D eigenvalue weighted by atomic mass is 16.5. The Bertz CT molecular complexity index is 669. The van der Waals surface area contributed by atoms with Gasteiger partial charge in [-0.15, -0.1) is 0 Å². The van der Waals surface area contributed by atoms with Crippen molar-refractivity contribution in [2.45, 2.75) is 13.8 Å². The summed E-state index contributed by atoms with van der Waals surface area (Å²) in [6.45, 7) is 3.87. The van der Waals surface area contributed by atoms with Crippen LogP contribution < -0.4 is 21.3 Å². The number of anilines is 2. The van der Waals surface area contributed by atoms with Crippen LogP contribution in [-0.2, 0) is 0 Å². The van der Waals surface area contributed by atoms with Crippen molar-refractivity contribution in [2.75, 3.05) is 17.9 Å². The molecule has 0 saturated heterocycles. The van der Waals surface area contributed by atoms with E-state index >= 15 is 0 Å². The van der Waals surface area contributed by atoms with Crippen LogP contribution in [-0.4, -0.2) is 13.0 Å². The first-order chi connectivity index (χ1) is 10.0. The van der Waals surface area contributed by atoms with Crippen molar-refractivity contribution in [1.29, 1.82) is 0 Å². The number of rotatable bonds is 4. The Morgan fingerprint density at radius 1 is 1.05 bits per heavy atom. The van der Waals surface area contributed by atoms with Crippen molar-refractivity contribution in [2.24, 2.45) is 5.84 Å². The predicted octanol–water partition coefficient (Wildman–Crippen LogP) is 2.85. The number of methoxy groups -OCH3 is 1. The van der Waals surface area contributed by atoms with Gasteiger partial charge in [0.2, 0.25) is 0 Å². The SMILES string of the molecule is COc1ccc(C)cc1NC(=O)c1cc(C)ccc1NN. The zero-order valence-corrected chi connectivity index (χ0v) is 12.4. The fourth-order valence-electron chi connectivity index (χ4n) is 2.08. The molecule has 0 saturated carbocycles. The van der Waals surface area contributed by atoms with Gasteiger partial charge in [0.05, 0.1) is 24.0 Å². The topological polar surface area (TPSA) is 76.4 Å². The minimum absolute atomic E-state index is 0.240. The minimum Gasteiger partial charge on any atom is -0.495 e. The van der Waals surface area contributed by atoms with Crippen molar-refractivity contribution in [1.82, 2.24) is 0 Å². The molecule has 0 aliphatic carbocycles. The number of hydrogen-bond donors (Lipinski definition) is 3. The quantitative estimate of drug-likeness (QED) is 0.596. The zero-order chi connectivity index (χ0) is 15.4. The minimum atomic E-state index is -0.240. The summed E-state index contributed by atoms with van der Waals surface area (Å²) >= 11 is 0. The molecule has 2 rings (SSSR count). The van der Waals surface area contributed by atoms with Crippen molar-refractivity contribution in [3.05, 3.63) is 53.1 Å². The summed E-state index contributed by atoms with van der Waals surface area (Å²) in [6.07, 6.45) is 0. The number of nitrogens with two attached hydrogens (primary N) is 1. The van der Waals surface area contributed by atoms with Crippen LogP contribution in [0.15, 0.2) is 36.4 Å². The number of aryl methyl sites for hydroxylation is 2. The number of amides is 1. The molecular weight excluding hydrogens is 266 g/mol. The molecule has 0 fully saturated rings. The summed E-state index contributed by atoms with van der Waals surface area (Å²) in [5, 5.41) is 2.86. The Morgan fingerprint density at radius 2 is 1.71 bits per heavy atom. The summed E-state index contributed by atoms with van der Waals surface area (Å²) < 4.78 is 5.26. The highest BCUT2D eigenvalue weighted by molar-refractivity contribution is 6.08. The third-order valence-corrected chi connectivity index (χ3v) is 3.18. The smallest absolute Gasteiger partial charge is 0.257 e. The van der Waals surface area contributed by atoms with Gasteiger partial charge < -0.3 is 15.5 Å². The molecule has 0 aromatic heterocycles. The van der Waals surface area contributed by atoms with Gasteiger partial charge in [-0.05, 0) is 43.7 Å². The molecule has 110 valence electrons. The van der Waals surface area contributed by atoms with Gasteiger partial charge >= 0.3 is 0 Å². The second kappa shape index (κ2) is 6.28. The van der Waals surface area contributed by atoms with E-state index in [0.717, 1.165) is 11.1 Å². The van der Waals surface area contributed by atoms with E-state index in [1.807, 2.05) is 38.1 Å². The lowest BCUT2D eigenvalue weighted by atomic mass is 10.1. The predicted molar refractivity (Wildman–Crippen MR) is 84.7 cm³/mol. The molecule has 4 N–H and O–H groups in total. The Morgan fingerprint density at radius 3 is 2.38 bits per heavy atom. The maximum absolute atomic E-state index is 12.5. The molecule has 5 nitrogen and oxygen atoms in total. The first-order valence-electron chi connectivity index (χ1n) is 6.58. The largest absolute Gasteiger partial charge is 0.495 e. The third kappa shape index (κ3) is 3.32. The number of ether oxygens (including phenoxy) is 1. The molecule has 0 bridgehead atoms. The van der Waals surface area contributed by atoms with Gasteiger partial charge in [0.1, 0.15) is 5.75 Å². The molecule has 0 heterocycles. The van der Waals surface area contributed by atoms with E-state index < -0.39 is 0 Å². The molecule has 2 aromatic rings. The molecule has 0 atom stereocenters. The van der Waals surface area contributed by atoms with Gasteiger partial charge in [-0.25, -0.2) is 0 Å². The average molecular weight is 285 g/mol. The summed E-state index contributed by atoms with van der Waals surface area (Å²) in [6, 6.07) is 11.1. The van der Waals surface area contributed by atoms with E-state index in [2.05, 4.69) is 10.7 Å². The molecule has 0 radical (unpaired) electrons. The molecule has 0 unspecified atom stereocenters. The lowest BCUT2D eigenvalue weighted by Crippen LogP contribution is -2.17. The number of nitrogen functional groups attached to an aromatic ring is 1. The van der Waals surface area contributed by atoms with E-state index in [0.29, 0.717) is 22.7 Å². The van der Waals surface area contributed by atoms with Crippen molar-refractivity contribution < 1.29 is 9.53 Å². The van der Waals surface area contributed by atoms with Crippen LogP contribution in [0, 0.1) is 13.8 Å². The molecule has 0 aliphatic rings. The van der Waals surface area contributed by atoms with Gasteiger partial charge in [-0.3, -0.25) is 10.6 Å². The number of hydrogen-bond acceptors (Lipinski definition) is 4. The van der Waals surface area contributed by atoms with Gasteiger partial charge in [0.25, 0.3) is 5.91 Å². The van der Waals surface area contributed by atoms with Crippen LogP contribution in [0.3, 0.4) is 0 Å². The van der Waals surface area contributed by atoms with Gasteiger partial charge in [-0.1, -0.05) is 17.7 Å². The fraction of sp³-hybridized carbons (Fsp3) is 0.188. The van der Waals surface area contributed by atoms with Crippen molar-refractivity contribution >= 4 is 17.3 Å². The molecule has 5 heteroatoms. The van der Waals surface area contributed by atoms with E-state index in [9.17, 15) is 4.79 Å². The van der Waals surface area contributed by atoms with Crippen molar-refractivity contribution in [3.63, 3.8) is 0 Å². The molecule has 0 aliphatic heterocycles. The molecule has 21 heavy (non-hydrogen) atoms. The number of nitrogens with one attached hydrogen (secondary N) is 2. The normalized spacial score (nSPS) is 10.1. The number of carbonyl (C=O) groups is 1. The van der Waals surface area contributed by atoms with Crippen molar-refractivity contribution in [3.8, 4) is 5.75 Å². The Hall–Kier alpha value is -2.53. The summed E-state index contributed by atoms with van der Waals surface area (Å²) in [5.41, 5.74) is 6.25. The Balaban J connectivity index is 2.34.